The number of anilines is 1. The predicted octanol–water partition coefficient (Wildman–Crippen LogP) is 2.46. The molecule has 146 valence electrons. The highest BCUT2D eigenvalue weighted by molar-refractivity contribution is 7.89. The Balaban J connectivity index is 2.37. The van der Waals surface area contributed by atoms with Gasteiger partial charge in [0.25, 0.3) is 11.5 Å². The van der Waals surface area contributed by atoms with Crippen LogP contribution < -0.4 is 10.9 Å². The lowest BCUT2D eigenvalue weighted by Crippen LogP contribution is -2.31. The summed E-state index contributed by atoms with van der Waals surface area (Å²) in [5.41, 5.74) is 1.13. The molecule has 8 heteroatoms. The molecule has 27 heavy (non-hydrogen) atoms. The van der Waals surface area contributed by atoms with Gasteiger partial charge in [-0.2, -0.15) is 4.31 Å². The Morgan fingerprint density at radius 2 is 1.78 bits per heavy atom. The van der Waals surface area contributed by atoms with Crippen molar-refractivity contribution in [1.82, 2.24) is 8.87 Å². The van der Waals surface area contributed by atoms with Crippen molar-refractivity contribution in [2.75, 3.05) is 18.4 Å². The lowest BCUT2D eigenvalue weighted by molar-refractivity contribution is 0.102. The second-order valence-electron chi connectivity index (χ2n) is 6.07. The first-order valence-corrected chi connectivity index (χ1v) is 10.3. The zero-order valence-electron chi connectivity index (χ0n) is 16.0. The van der Waals surface area contributed by atoms with Crippen LogP contribution in [0.15, 0.2) is 46.2 Å². The van der Waals surface area contributed by atoms with Gasteiger partial charge in [0.2, 0.25) is 10.0 Å². The number of hydrogen-bond donors (Lipinski definition) is 1. The third-order valence-electron chi connectivity index (χ3n) is 4.36. The standard InChI is InChI=1S/C19H25N3O4S/c1-5-21-13-16(10-11-18(21)23)20-19(24)15-9-8-14(4)17(12-15)27(25,26)22(6-2)7-3/h8-13H,5-7H2,1-4H3,(H,20,24). The summed E-state index contributed by atoms with van der Waals surface area (Å²) in [5.74, 6) is -0.438. The highest BCUT2D eigenvalue weighted by atomic mass is 32.2. The first kappa shape index (κ1) is 20.9. The normalized spacial score (nSPS) is 11.6. The van der Waals surface area contributed by atoms with Crippen molar-refractivity contribution in [1.29, 1.82) is 0 Å². The van der Waals surface area contributed by atoms with Crippen LogP contribution in [-0.2, 0) is 16.6 Å². The van der Waals surface area contributed by atoms with Crippen LogP contribution in [0, 0.1) is 6.92 Å². The molecular weight excluding hydrogens is 366 g/mol. The van der Waals surface area contributed by atoms with Crippen molar-refractivity contribution in [2.24, 2.45) is 0 Å². The van der Waals surface area contributed by atoms with E-state index in [4.69, 9.17) is 0 Å². The molecule has 0 spiro atoms. The van der Waals surface area contributed by atoms with Gasteiger partial charge in [0.05, 0.1) is 10.6 Å². The summed E-state index contributed by atoms with van der Waals surface area (Å²) >= 11 is 0. The molecule has 1 aromatic heterocycles. The Labute approximate surface area is 159 Å². The van der Waals surface area contributed by atoms with E-state index in [2.05, 4.69) is 5.32 Å². The summed E-state index contributed by atoms with van der Waals surface area (Å²) in [4.78, 5) is 24.4. The molecule has 0 unspecified atom stereocenters. The fourth-order valence-electron chi connectivity index (χ4n) is 2.78. The van der Waals surface area contributed by atoms with Gasteiger partial charge in [0.15, 0.2) is 0 Å². The van der Waals surface area contributed by atoms with Gasteiger partial charge < -0.3 is 9.88 Å². The molecule has 0 saturated carbocycles. The maximum absolute atomic E-state index is 12.8. The minimum absolute atomic E-state index is 0.123. The molecule has 1 aromatic carbocycles. The van der Waals surface area contributed by atoms with Gasteiger partial charge in [-0.3, -0.25) is 9.59 Å². The van der Waals surface area contributed by atoms with Crippen LogP contribution in [0.2, 0.25) is 0 Å². The number of carbonyl (C=O) groups is 1. The van der Waals surface area contributed by atoms with Gasteiger partial charge >= 0.3 is 0 Å². The van der Waals surface area contributed by atoms with E-state index in [0.717, 1.165) is 0 Å². The fraction of sp³-hybridized carbons (Fsp3) is 0.368. The van der Waals surface area contributed by atoms with Crippen molar-refractivity contribution >= 4 is 21.6 Å². The molecule has 0 bridgehead atoms. The van der Waals surface area contributed by atoms with Crippen LogP contribution in [0.4, 0.5) is 5.69 Å². The number of sulfonamides is 1. The molecule has 0 aliphatic carbocycles. The maximum Gasteiger partial charge on any atom is 0.255 e. The molecule has 2 rings (SSSR count). The molecule has 1 heterocycles. The van der Waals surface area contributed by atoms with E-state index in [-0.39, 0.29) is 16.0 Å². The quantitative estimate of drug-likeness (QED) is 0.785. The third-order valence-corrected chi connectivity index (χ3v) is 6.55. The number of rotatable bonds is 7. The second-order valence-corrected chi connectivity index (χ2v) is 7.97. The predicted molar refractivity (Wildman–Crippen MR) is 106 cm³/mol. The lowest BCUT2D eigenvalue weighted by Gasteiger charge is -2.20. The van der Waals surface area contributed by atoms with Crippen LogP contribution in [0.25, 0.3) is 0 Å². The number of nitrogens with zero attached hydrogens (tertiary/aromatic N) is 2. The fourth-order valence-corrected chi connectivity index (χ4v) is 4.49. The minimum atomic E-state index is -3.67. The van der Waals surface area contributed by atoms with Crippen LogP contribution in [-0.4, -0.2) is 36.3 Å². The van der Waals surface area contributed by atoms with E-state index >= 15 is 0 Å². The highest BCUT2D eigenvalue weighted by Gasteiger charge is 2.24. The Hall–Kier alpha value is -2.45. The average Bonchev–Trinajstić information content (AvgIpc) is 2.64. The summed E-state index contributed by atoms with van der Waals surface area (Å²) in [5, 5.41) is 2.71. The number of aryl methyl sites for hydroxylation is 2. The lowest BCUT2D eigenvalue weighted by atomic mass is 10.1. The van der Waals surface area contributed by atoms with Gasteiger partial charge in [-0.25, -0.2) is 8.42 Å². The Morgan fingerprint density at radius 3 is 2.37 bits per heavy atom. The molecule has 1 N–H and O–H groups in total. The van der Waals surface area contributed by atoms with E-state index in [1.54, 1.807) is 39.1 Å². The summed E-state index contributed by atoms with van der Waals surface area (Å²) in [6, 6.07) is 7.51. The van der Waals surface area contributed by atoms with Crippen LogP contribution in [0.5, 0.6) is 0 Å². The summed E-state index contributed by atoms with van der Waals surface area (Å²) in [7, 11) is -3.67. The molecule has 0 saturated heterocycles. The number of carbonyl (C=O) groups excluding carboxylic acids is 1. The van der Waals surface area contributed by atoms with Crippen LogP contribution in [0.3, 0.4) is 0 Å². The molecule has 0 fully saturated rings. The molecule has 0 atom stereocenters. The third kappa shape index (κ3) is 4.45. The smallest absolute Gasteiger partial charge is 0.255 e. The summed E-state index contributed by atoms with van der Waals surface area (Å²) in [6.45, 7) is 8.28. The Bertz CT molecular complexity index is 992. The second kappa shape index (κ2) is 8.49. The zero-order chi connectivity index (χ0) is 20.2. The molecule has 1 amide bonds. The van der Waals surface area contributed by atoms with Crippen molar-refractivity contribution in [2.45, 2.75) is 39.1 Å². The molecular formula is C19H25N3O4S. The largest absolute Gasteiger partial charge is 0.321 e. The Kier molecular flexibility index (Phi) is 6.56. The Morgan fingerprint density at radius 1 is 1.11 bits per heavy atom. The number of aromatic nitrogens is 1. The van der Waals surface area contributed by atoms with Gasteiger partial charge in [0.1, 0.15) is 0 Å². The SMILES string of the molecule is CCN(CC)S(=O)(=O)c1cc(C(=O)Nc2ccc(=O)n(CC)c2)ccc1C. The van der Waals surface area contributed by atoms with E-state index in [1.807, 2.05) is 6.92 Å². The monoisotopic (exact) mass is 391 g/mol. The van der Waals surface area contributed by atoms with E-state index in [1.165, 1.54) is 27.1 Å². The summed E-state index contributed by atoms with van der Waals surface area (Å²) in [6.07, 6.45) is 1.56. The van der Waals surface area contributed by atoms with Gasteiger partial charge in [0, 0.05) is 37.5 Å². The molecule has 0 aliphatic heterocycles. The van der Waals surface area contributed by atoms with Crippen molar-refractivity contribution in [3.63, 3.8) is 0 Å². The first-order valence-electron chi connectivity index (χ1n) is 8.87. The van der Waals surface area contributed by atoms with E-state index in [9.17, 15) is 18.0 Å². The van der Waals surface area contributed by atoms with Gasteiger partial charge in [-0.1, -0.05) is 19.9 Å². The number of benzene rings is 1. The number of pyridine rings is 1. The maximum atomic E-state index is 12.8. The van der Waals surface area contributed by atoms with Gasteiger partial charge in [-0.05, 0) is 37.6 Å². The molecule has 0 aliphatic rings. The topological polar surface area (TPSA) is 88.5 Å². The van der Waals surface area contributed by atoms with Gasteiger partial charge in [-0.15, -0.1) is 0 Å². The number of nitrogens with one attached hydrogen (secondary N) is 1. The number of hydrogen-bond acceptors (Lipinski definition) is 4. The van der Waals surface area contributed by atoms with E-state index in [0.29, 0.717) is 30.9 Å². The molecule has 0 radical (unpaired) electrons. The van der Waals surface area contributed by atoms with Crippen LogP contribution >= 0.6 is 0 Å². The van der Waals surface area contributed by atoms with E-state index < -0.39 is 15.9 Å². The summed E-state index contributed by atoms with van der Waals surface area (Å²) < 4.78 is 28.5. The van der Waals surface area contributed by atoms with Crippen LogP contribution in [0.1, 0.15) is 36.7 Å². The number of amides is 1. The minimum Gasteiger partial charge on any atom is -0.321 e. The average molecular weight is 391 g/mol. The first-order chi connectivity index (χ1) is 12.7. The highest BCUT2D eigenvalue weighted by Crippen LogP contribution is 2.22. The van der Waals surface area contributed by atoms with Crippen molar-refractivity contribution in [3.05, 3.63) is 58.0 Å². The molecule has 7 nitrogen and oxygen atoms in total. The zero-order valence-corrected chi connectivity index (χ0v) is 16.8. The molecule has 2 aromatic rings. The van der Waals surface area contributed by atoms with Crippen molar-refractivity contribution in [3.8, 4) is 0 Å². The van der Waals surface area contributed by atoms with Crippen molar-refractivity contribution < 1.29 is 13.2 Å².